The van der Waals surface area contributed by atoms with Crippen molar-refractivity contribution in [1.29, 1.82) is 0 Å². The predicted molar refractivity (Wildman–Crippen MR) is 114 cm³/mol. The summed E-state index contributed by atoms with van der Waals surface area (Å²) >= 11 is 0. The number of carbonyl (C=O) groups excluding carboxylic acids is 1. The lowest BCUT2D eigenvalue weighted by Gasteiger charge is -2.41. The van der Waals surface area contributed by atoms with Crippen molar-refractivity contribution in [1.82, 2.24) is 9.80 Å². The zero-order valence-corrected chi connectivity index (χ0v) is 17.3. The minimum atomic E-state index is 0.113. The van der Waals surface area contributed by atoms with Crippen LogP contribution in [0.2, 0.25) is 0 Å². The number of nitrogens with zero attached hydrogens (tertiary/aromatic N) is 2. The standard InChI is InChI=1S/C24H32N2O2/c1-18-7-4-5-9-22(18)19-10-12-20(13-11-19)24(28)26-15-14-23(25(2)3)21(17-26)8-6-16-27/h4-5,7,9-13,21,23,27H,6,8,14-17H2,1-3H3/t21-,23+/m1/s1. The molecule has 1 aliphatic heterocycles. The van der Waals surface area contributed by atoms with Gasteiger partial charge in [0.05, 0.1) is 0 Å². The largest absolute Gasteiger partial charge is 0.396 e. The number of piperidine rings is 1. The fraction of sp³-hybridized carbons (Fsp3) is 0.458. The number of amides is 1. The first-order chi connectivity index (χ1) is 13.5. The van der Waals surface area contributed by atoms with Gasteiger partial charge in [0.1, 0.15) is 0 Å². The van der Waals surface area contributed by atoms with E-state index in [1.807, 2.05) is 41.3 Å². The highest BCUT2D eigenvalue weighted by Crippen LogP contribution is 2.27. The van der Waals surface area contributed by atoms with Gasteiger partial charge in [-0.2, -0.15) is 0 Å². The number of hydrogen-bond acceptors (Lipinski definition) is 3. The van der Waals surface area contributed by atoms with Gasteiger partial charge in [0.2, 0.25) is 0 Å². The summed E-state index contributed by atoms with van der Waals surface area (Å²) in [6.07, 6.45) is 2.73. The van der Waals surface area contributed by atoms with Crippen molar-refractivity contribution in [3.8, 4) is 11.1 Å². The molecule has 2 atom stereocenters. The Morgan fingerprint density at radius 1 is 1.14 bits per heavy atom. The van der Waals surface area contributed by atoms with Gasteiger partial charge in [0, 0.05) is 31.3 Å². The number of benzene rings is 2. The van der Waals surface area contributed by atoms with Crippen LogP contribution in [-0.4, -0.2) is 60.6 Å². The number of aliphatic hydroxyl groups excluding tert-OH is 1. The molecule has 4 heteroatoms. The zero-order valence-electron chi connectivity index (χ0n) is 17.3. The summed E-state index contributed by atoms with van der Waals surface area (Å²) in [5.74, 6) is 0.522. The Bertz CT molecular complexity index is 785. The summed E-state index contributed by atoms with van der Waals surface area (Å²) in [6.45, 7) is 3.87. The van der Waals surface area contributed by atoms with Crippen molar-refractivity contribution in [2.45, 2.75) is 32.2 Å². The molecule has 1 fully saturated rings. The number of rotatable bonds is 6. The summed E-state index contributed by atoms with van der Waals surface area (Å²) < 4.78 is 0. The van der Waals surface area contributed by atoms with Gasteiger partial charge in [-0.25, -0.2) is 0 Å². The zero-order chi connectivity index (χ0) is 20.1. The predicted octanol–water partition coefficient (Wildman–Crippen LogP) is 3.83. The quantitative estimate of drug-likeness (QED) is 0.828. The lowest BCUT2D eigenvalue weighted by atomic mass is 9.87. The van der Waals surface area contributed by atoms with Crippen molar-refractivity contribution >= 4 is 5.91 Å². The fourth-order valence-corrected chi connectivity index (χ4v) is 4.39. The molecule has 0 bridgehead atoms. The first kappa shape index (κ1) is 20.6. The Hall–Kier alpha value is -2.17. The molecule has 0 aliphatic carbocycles. The van der Waals surface area contributed by atoms with Gasteiger partial charge in [-0.15, -0.1) is 0 Å². The molecular formula is C24H32N2O2. The van der Waals surface area contributed by atoms with Crippen molar-refractivity contribution in [2.24, 2.45) is 5.92 Å². The van der Waals surface area contributed by atoms with E-state index in [1.54, 1.807) is 0 Å². The van der Waals surface area contributed by atoms with Gasteiger partial charge in [-0.3, -0.25) is 4.79 Å². The molecule has 4 nitrogen and oxygen atoms in total. The first-order valence-electron chi connectivity index (χ1n) is 10.2. The third kappa shape index (κ3) is 4.62. The maximum Gasteiger partial charge on any atom is 0.253 e. The molecule has 2 aromatic rings. The molecule has 2 aromatic carbocycles. The number of aliphatic hydroxyl groups is 1. The number of likely N-dealkylation sites (tertiary alicyclic amines) is 1. The van der Waals surface area contributed by atoms with E-state index in [2.05, 4.69) is 38.1 Å². The summed E-state index contributed by atoms with van der Waals surface area (Å²) in [4.78, 5) is 17.3. The SMILES string of the molecule is Cc1ccccc1-c1ccc(C(=O)N2CC[C@H](N(C)C)[C@H](CCCO)C2)cc1. The molecule has 1 amide bonds. The van der Waals surface area contributed by atoms with Gasteiger partial charge < -0.3 is 14.9 Å². The number of aryl methyl sites for hydroxylation is 1. The third-order valence-corrected chi connectivity index (χ3v) is 5.97. The molecule has 1 N–H and O–H groups in total. The molecule has 0 spiro atoms. The van der Waals surface area contributed by atoms with Crippen LogP contribution in [0.5, 0.6) is 0 Å². The molecule has 1 saturated heterocycles. The second-order valence-electron chi connectivity index (χ2n) is 8.09. The normalized spacial score (nSPS) is 19.8. The Kier molecular flexibility index (Phi) is 6.87. The molecule has 1 aliphatic rings. The lowest BCUT2D eigenvalue weighted by molar-refractivity contribution is 0.0495. The summed E-state index contributed by atoms with van der Waals surface area (Å²) in [6, 6.07) is 16.8. The van der Waals surface area contributed by atoms with Gasteiger partial charge in [0.25, 0.3) is 5.91 Å². The van der Waals surface area contributed by atoms with Gasteiger partial charge in [-0.1, -0.05) is 36.4 Å². The van der Waals surface area contributed by atoms with E-state index in [9.17, 15) is 9.90 Å². The minimum absolute atomic E-state index is 0.113. The number of hydrogen-bond donors (Lipinski definition) is 1. The number of carbonyl (C=O) groups is 1. The molecule has 0 saturated carbocycles. The average molecular weight is 381 g/mol. The van der Waals surface area contributed by atoms with Crippen molar-refractivity contribution in [3.05, 3.63) is 59.7 Å². The van der Waals surface area contributed by atoms with Crippen LogP contribution in [0.1, 0.15) is 35.2 Å². The Morgan fingerprint density at radius 2 is 1.86 bits per heavy atom. The maximum absolute atomic E-state index is 13.1. The van der Waals surface area contributed by atoms with Crippen LogP contribution in [0.4, 0.5) is 0 Å². The monoisotopic (exact) mass is 380 g/mol. The molecule has 0 unspecified atom stereocenters. The highest BCUT2D eigenvalue weighted by molar-refractivity contribution is 5.94. The van der Waals surface area contributed by atoms with E-state index in [0.717, 1.165) is 43.5 Å². The second-order valence-corrected chi connectivity index (χ2v) is 8.09. The van der Waals surface area contributed by atoms with E-state index in [4.69, 9.17) is 0 Å². The average Bonchev–Trinajstić information content (AvgIpc) is 2.72. The highest BCUT2D eigenvalue weighted by atomic mass is 16.3. The molecule has 28 heavy (non-hydrogen) atoms. The van der Waals surface area contributed by atoms with Crippen molar-refractivity contribution in [2.75, 3.05) is 33.8 Å². The molecule has 1 heterocycles. The highest BCUT2D eigenvalue weighted by Gasteiger charge is 2.32. The lowest BCUT2D eigenvalue weighted by Crippen LogP contribution is -2.50. The van der Waals surface area contributed by atoms with E-state index < -0.39 is 0 Å². The van der Waals surface area contributed by atoms with Gasteiger partial charge in [-0.05, 0) is 75.0 Å². The second kappa shape index (κ2) is 9.35. The molecule has 3 rings (SSSR count). The topological polar surface area (TPSA) is 43.8 Å². The van der Waals surface area contributed by atoms with Gasteiger partial charge >= 0.3 is 0 Å². The van der Waals surface area contributed by atoms with Crippen molar-refractivity contribution < 1.29 is 9.90 Å². The van der Waals surface area contributed by atoms with E-state index >= 15 is 0 Å². The minimum Gasteiger partial charge on any atom is -0.396 e. The van der Waals surface area contributed by atoms with Crippen LogP contribution in [0.25, 0.3) is 11.1 Å². The van der Waals surface area contributed by atoms with E-state index in [-0.39, 0.29) is 12.5 Å². The Morgan fingerprint density at radius 3 is 2.50 bits per heavy atom. The molecule has 150 valence electrons. The first-order valence-corrected chi connectivity index (χ1v) is 10.2. The maximum atomic E-state index is 13.1. The van der Waals surface area contributed by atoms with E-state index in [0.29, 0.717) is 12.0 Å². The Labute approximate surface area is 168 Å². The van der Waals surface area contributed by atoms with Crippen LogP contribution in [0.15, 0.2) is 48.5 Å². The van der Waals surface area contributed by atoms with Crippen LogP contribution < -0.4 is 0 Å². The van der Waals surface area contributed by atoms with Crippen LogP contribution in [-0.2, 0) is 0 Å². The summed E-state index contributed by atoms with van der Waals surface area (Å²) in [5.41, 5.74) is 4.33. The van der Waals surface area contributed by atoms with Crippen molar-refractivity contribution in [3.63, 3.8) is 0 Å². The molecule has 0 radical (unpaired) electrons. The van der Waals surface area contributed by atoms with Crippen LogP contribution in [0, 0.1) is 12.8 Å². The Balaban J connectivity index is 1.72. The van der Waals surface area contributed by atoms with E-state index in [1.165, 1.54) is 11.1 Å². The molecular weight excluding hydrogens is 348 g/mol. The summed E-state index contributed by atoms with van der Waals surface area (Å²) in [5, 5.41) is 9.22. The van der Waals surface area contributed by atoms with Crippen LogP contribution >= 0.6 is 0 Å². The van der Waals surface area contributed by atoms with Gasteiger partial charge in [0.15, 0.2) is 0 Å². The van der Waals surface area contributed by atoms with Crippen LogP contribution in [0.3, 0.4) is 0 Å². The smallest absolute Gasteiger partial charge is 0.253 e. The molecule has 0 aromatic heterocycles. The fourth-order valence-electron chi connectivity index (χ4n) is 4.39. The third-order valence-electron chi connectivity index (χ3n) is 5.97. The summed E-state index contributed by atoms with van der Waals surface area (Å²) in [7, 11) is 4.22.